The third kappa shape index (κ3) is 3.36. The van der Waals surface area contributed by atoms with Crippen LogP contribution in [0.1, 0.15) is 72.6 Å². The van der Waals surface area contributed by atoms with Gasteiger partial charge in [0.15, 0.2) is 0 Å². The lowest BCUT2D eigenvalue weighted by atomic mass is 9.98. The van der Waals surface area contributed by atoms with Gasteiger partial charge in [0.05, 0.1) is 12.2 Å². The van der Waals surface area contributed by atoms with Gasteiger partial charge in [-0.15, -0.1) is 0 Å². The Hall–Kier alpha value is -0.570. The molecule has 1 amide bonds. The van der Waals surface area contributed by atoms with Gasteiger partial charge in [0, 0.05) is 6.04 Å². The highest BCUT2D eigenvalue weighted by molar-refractivity contribution is 5.85. The number of rotatable bonds is 8. The maximum absolute atomic E-state index is 12.9. The molecule has 1 saturated heterocycles. The largest absolute Gasteiger partial charge is 0.323 e. The van der Waals surface area contributed by atoms with Crippen LogP contribution >= 0.6 is 0 Å². The molecule has 3 heteroatoms. The summed E-state index contributed by atoms with van der Waals surface area (Å²) in [5.74, 6) is 1.69. The van der Waals surface area contributed by atoms with Crippen LogP contribution in [0.15, 0.2) is 0 Å². The quantitative estimate of drug-likeness (QED) is 0.737. The molecule has 1 N–H and O–H groups in total. The van der Waals surface area contributed by atoms with Crippen molar-refractivity contribution in [3.05, 3.63) is 0 Å². The zero-order chi connectivity index (χ0) is 14.7. The Bertz CT molecular complexity index is 327. The Labute approximate surface area is 124 Å². The zero-order valence-corrected chi connectivity index (χ0v) is 13.7. The molecule has 116 valence electrons. The van der Waals surface area contributed by atoms with Crippen molar-refractivity contribution in [2.75, 3.05) is 0 Å². The molecule has 4 atom stereocenters. The molecule has 0 aromatic rings. The molecule has 0 bridgehead atoms. The highest BCUT2D eigenvalue weighted by Gasteiger charge is 2.44. The number of carbonyl (C=O) groups is 1. The molecule has 0 aromatic carbocycles. The van der Waals surface area contributed by atoms with E-state index in [0.717, 1.165) is 31.6 Å². The summed E-state index contributed by atoms with van der Waals surface area (Å²) in [6.07, 6.45) is 8.62. The molecule has 2 rings (SSSR count). The van der Waals surface area contributed by atoms with Crippen LogP contribution in [0.25, 0.3) is 0 Å². The van der Waals surface area contributed by atoms with Crippen molar-refractivity contribution in [1.82, 2.24) is 10.2 Å². The van der Waals surface area contributed by atoms with Crippen molar-refractivity contribution in [2.24, 2.45) is 11.8 Å². The summed E-state index contributed by atoms with van der Waals surface area (Å²) >= 11 is 0. The molecule has 3 nitrogen and oxygen atoms in total. The lowest BCUT2D eigenvalue weighted by Gasteiger charge is -2.32. The van der Waals surface area contributed by atoms with E-state index >= 15 is 0 Å². The predicted molar refractivity (Wildman–Crippen MR) is 83.3 cm³/mol. The fraction of sp³-hybridized carbons (Fsp3) is 0.941. The first kappa shape index (κ1) is 15.8. The first-order valence-electron chi connectivity index (χ1n) is 8.70. The summed E-state index contributed by atoms with van der Waals surface area (Å²) in [6, 6.07) is 0.498. The van der Waals surface area contributed by atoms with Crippen LogP contribution in [-0.2, 0) is 4.79 Å². The normalized spacial score (nSPS) is 29.8. The van der Waals surface area contributed by atoms with Crippen molar-refractivity contribution < 1.29 is 4.79 Å². The second-order valence-electron chi connectivity index (χ2n) is 6.82. The Kier molecular flexibility index (Phi) is 5.48. The monoisotopic (exact) mass is 280 g/mol. The van der Waals surface area contributed by atoms with Gasteiger partial charge in [-0.1, -0.05) is 53.4 Å². The van der Waals surface area contributed by atoms with Gasteiger partial charge >= 0.3 is 0 Å². The minimum absolute atomic E-state index is 0.0461. The van der Waals surface area contributed by atoms with Crippen molar-refractivity contribution in [1.29, 1.82) is 0 Å². The van der Waals surface area contributed by atoms with E-state index in [1.54, 1.807) is 0 Å². The molecule has 2 aliphatic rings. The maximum Gasteiger partial charge on any atom is 0.241 e. The summed E-state index contributed by atoms with van der Waals surface area (Å²) in [7, 11) is 0. The van der Waals surface area contributed by atoms with Crippen molar-refractivity contribution in [3.63, 3.8) is 0 Å². The molecule has 0 radical (unpaired) electrons. The van der Waals surface area contributed by atoms with E-state index in [1.807, 2.05) is 0 Å². The van der Waals surface area contributed by atoms with Gasteiger partial charge in [0.2, 0.25) is 5.91 Å². The van der Waals surface area contributed by atoms with Gasteiger partial charge in [0.1, 0.15) is 0 Å². The summed E-state index contributed by atoms with van der Waals surface area (Å²) < 4.78 is 0. The third-order valence-corrected chi connectivity index (χ3v) is 5.17. The molecule has 4 unspecified atom stereocenters. The second-order valence-corrected chi connectivity index (χ2v) is 6.82. The van der Waals surface area contributed by atoms with Crippen LogP contribution < -0.4 is 5.32 Å². The van der Waals surface area contributed by atoms with E-state index in [9.17, 15) is 4.79 Å². The number of nitrogens with zero attached hydrogens (tertiary/aromatic N) is 1. The molecular formula is C17H32N2O. The fourth-order valence-corrected chi connectivity index (χ4v) is 3.46. The van der Waals surface area contributed by atoms with Gasteiger partial charge in [-0.3, -0.25) is 10.1 Å². The van der Waals surface area contributed by atoms with Crippen LogP contribution in [0, 0.1) is 11.8 Å². The second kappa shape index (κ2) is 6.93. The number of amides is 1. The molecule has 1 aliphatic carbocycles. The van der Waals surface area contributed by atoms with Crippen molar-refractivity contribution in [3.8, 4) is 0 Å². The lowest BCUT2D eigenvalue weighted by molar-refractivity contribution is -0.133. The number of hydrogen-bond donors (Lipinski definition) is 1. The Morgan fingerprint density at radius 2 is 1.95 bits per heavy atom. The maximum atomic E-state index is 12.9. The first-order chi connectivity index (χ1) is 9.62. The smallest absolute Gasteiger partial charge is 0.241 e. The Morgan fingerprint density at radius 1 is 1.25 bits per heavy atom. The number of carbonyl (C=O) groups excluding carboxylic acids is 1. The lowest BCUT2D eigenvalue weighted by Crippen LogP contribution is -2.44. The van der Waals surface area contributed by atoms with E-state index in [0.29, 0.717) is 17.9 Å². The highest BCUT2D eigenvalue weighted by Crippen LogP contribution is 2.37. The number of hydrogen-bond acceptors (Lipinski definition) is 2. The minimum Gasteiger partial charge on any atom is -0.323 e. The first-order valence-corrected chi connectivity index (χ1v) is 8.70. The predicted octanol–water partition coefficient (Wildman–Crippen LogP) is 3.54. The molecule has 2 fully saturated rings. The Balaban J connectivity index is 2.10. The van der Waals surface area contributed by atoms with Crippen molar-refractivity contribution >= 4 is 5.91 Å². The van der Waals surface area contributed by atoms with Crippen LogP contribution in [0.5, 0.6) is 0 Å². The molecule has 0 aromatic heterocycles. The van der Waals surface area contributed by atoms with Gasteiger partial charge in [-0.05, 0) is 31.1 Å². The van der Waals surface area contributed by atoms with Crippen LogP contribution in [0.2, 0.25) is 0 Å². The van der Waals surface area contributed by atoms with E-state index in [4.69, 9.17) is 0 Å². The minimum atomic E-state index is 0.0461. The average molecular weight is 280 g/mol. The van der Waals surface area contributed by atoms with Crippen LogP contribution in [0.3, 0.4) is 0 Å². The standard InChI is InChI=1S/C17H32N2O/c1-5-8-15-18-16(12(4)6-2)17(20)19(15)14(7-3)11-13-9-10-13/h12-16,18H,5-11H2,1-4H3. The topological polar surface area (TPSA) is 32.3 Å². The van der Waals surface area contributed by atoms with Crippen LogP contribution in [-0.4, -0.2) is 29.1 Å². The zero-order valence-electron chi connectivity index (χ0n) is 13.7. The van der Waals surface area contributed by atoms with Gasteiger partial charge in [-0.2, -0.15) is 0 Å². The molecule has 20 heavy (non-hydrogen) atoms. The van der Waals surface area contributed by atoms with E-state index in [2.05, 4.69) is 37.9 Å². The SMILES string of the molecule is CCCC1NC(C(C)CC)C(=O)N1C(CC)CC1CC1. The Morgan fingerprint density at radius 3 is 2.45 bits per heavy atom. The highest BCUT2D eigenvalue weighted by atomic mass is 16.2. The van der Waals surface area contributed by atoms with Gasteiger partial charge in [-0.25, -0.2) is 0 Å². The fourth-order valence-electron chi connectivity index (χ4n) is 3.46. The number of nitrogens with one attached hydrogen (secondary N) is 1. The van der Waals surface area contributed by atoms with Gasteiger partial charge in [0.25, 0.3) is 0 Å². The van der Waals surface area contributed by atoms with E-state index in [-0.39, 0.29) is 12.2 Å². The molecule has 1 aliphatic heterocycles. The van der Waals surface area contributed by atoms with Gasteiger partial charge < -0.3 is 4.90 Å². The van der Waals surface area contributed by atoms with Crippen molar-refractivity contribution in [2.45, 2.75) is 90.9 Å². The summed E-state index contributed by atoms with van der Waals surface area (Å²) in [4.78, 5) is 15.1. The summed E-state index contributed by atoms with van der Waals surface area (Å²) in [5.41, 5.74) is 0. The molecule has 1 heterocycles. The average Bonchev–Trinajstić information content (AvgIpc) is 3.21. The molecule has 0 spiro atoms. The summed E-state index contributed by atoms with van der Waals surface area (Å²) in [6.45, 7) is 8.82. The summed E-state index contributed by atoms with van der Waals surface area (Å²) in [5, 5.41) is 3.63. The van der Waals surface area contributed by atoms with E-state index < -0.39 is 0 Å². The third-order valence-electron chi connectivity index (χ3n) is 5.17. The van der Waals surface area contributed by atoms with Crippen LogP contribution in [0.4, 0.5) is 0 Å². The van der Waals surface area contributed by atoms with E-state index in [1.165, 1.54) is 19.3 Å². The molecule has 1 saturated carbocycles. The molecular weight excluding hydrogens is 248 g/mol.